The van der Waals surface area contributed by atoms with Crippen LogP contribution in [-0.2, 0) is 9.59 Å². The number of likely N-dealkylation sites (N-methyl/N-ethyl adjacent to an activating group) is 1. The van der Waals surface area contributed by atoms with E-state index >= 15 is 0 Å². The fourth-order valence-electron chi connectivity index (χ4n) is 2.76. The molecule has 0 radical (unpaired) electrons. The molecule has 6 nitrogen and oxygen atoms in total. The van der Waals surface area contributed by atoms with Crippen LogP contribution in [0.15, 0.2) is 0 Å². The van der Waals surface area contributed by atoms with Gasteiger partial charge in [-0.15, -0.1) is 0 Å². The molecule has 0 bridgehead atoms. The van der Waals surface area contributed by atoms with E-state index in [9.17, 15) is 9.59 Å². The molecule has 1 aliphatic rings. The van der Waals surface area contributed by atoms with Crippen LogP contribution in [0.25, 0.3) is 0 Å². The lowest BCUT2D eigenvalue weighted by atomic mass is 10.0. The van der Waals surface area contributed by atoms with Crippen LogP contribution >= 0.6 is 0 Å². The minimum absolute atomic E-state index is 0.0327. The first-order valence-corrected chi connectivity index (χ1v) is 8.38. The van der Waals surface area contributed by atoms with Gasteiger partial charge in [-0.1, -0.05) is 20.8 Å². The Kier molecular flexibility index (Phi) is 7.82. The number of nitrogens with one attached hydrogen (secondary N) is 1. The molecular weight excluding hydrogens is 280 g/mol. The van der Waals surface area contributed by atoms with E-state index in [1.54, 1.807) is 4.90 Å². The second kappa shape index (κ2) is 9.10. The zero-order valence-corrected chi connectivity index (χ0v) is 14.5. The quantitative estimate of drug-likeness (QED) is 0.714. The number of nitrogens with two attached hydrogens (primary N) is 1. The van der Waals surface area contributed by atoms with Gasteiger partial charge in [-0.2, -0.15) is 0 Å². The fraction of sp³-hybridized carbons (Fsp3) is 0.875. The Morgan fingerprint density at radius 1 is 1.32 bits per heavy atom. The Labute approximate surface area is 134 Å². The van der Waals surface area contributed by atoms with Crippen LogP contribution in [0, 0.1) is 5.92 Å². The summed E-state index contributed by atoms with van der Waals surface area (Å²) in [6, 6.07) is -0.285. The summed E-state index contributed by atoms with van der Waals surface area (Å²) in [4.78, 5) is 28.2. The standard InChI is InChI=1S/C16H32N4O2/c1-5-8-20-9-6-13(7-10-20)19(4)14(21)11-18-16(22)15(17)12(2)3/h12-13,15H,5-11,17H2,1-4H3,(H,18,22)/t15-/m0/s1. The van der Waals surface area contributed by atoms with Gasteiger partial charge in [-0.3, -0.25) is 9.59 Å². The number of likely N-dealkylation sites (tertiary alicyclic amines) is 1. The van der Waals surface area contributed by atoms with E-state index in [1.807, 2.05) is 20.9 Å². The lowest BCUT2D eigenvalue weighted by molar-refractivity contribution is -0.134. The van der Waals surface area contributed by atoms with Crippen molar-refractivity contribution in [3.05, 3.63) is 0 Å². The van der Waals surface area contributed by atoms with Gasteiger partial charge < -0.3 is 20.9 Å². The summed E-state index contributed by atoms with van der Waals surface area (Å²) in [7, 11) is 1.83. The molecule has 0 unspecified atom stereocenters. The first kappa shape index (κ1) is 18.9. The molecule has 0 spiro atoms. The summed E-state index contributed by atoms with van der Waals surface area (Å²) in [5, 5.41) is 2.65. The van der Waals surface area contributed by atoms with E-state index < -0.39 is 6.04 Å². The Hall–Kier alpha value is -1.14. The monoisotopic (exact) mass is 312 g/mol. The molecule has 0 aromatic carbocycles. The zero-order valence-electron chi connectivity index (χ0n) is 14.5. The highest BCUT2D eigenvalue weighted by Gasteiger charge is 2.25. The molecule has 0 aliphatic carbocycles. The maximum Gasteiger partial charge on any atom is 0.241 e. The van der Waals surface area contributed by atoms with Crippen molar-refractivity contribution in [3.63, 3.8) is 0 Å². The van der Waals surface area contributed by atoms with E-state index in [1.165, 1.54) is 6.42 Å². The van der Waals surface area contributed by atoms with E-state index in [2.05, 4.69) is 17.1 Å². The highest BCUT2D eigenvalue weighted by molar-refractivity contribution is 5.87. The third-order valence-corrected chi connectivity index (χ3v) is 4.47. The Morgan fingerprint density at radius 2 is 1.91 bits per heavy atom. The van der Waals surface area contributed by atoms with Gasteiger partial charge in [-0.25, -0.2) is 0 Å². The van der Waals surface area contributed by atoms with Gasteiger partial charge in [0.2, 0.25) is 11.8 Å². The van der Waals surface area contributed by atoms with Crippen molar-refractivity contribution in [1.82, 2.24) is 15.1 Å². The molecule has 2 amide bonds. The first-order valence-electron chi connectivity index (χ1n) is 8.38. The molecule has 1 rings (SSSR count). The van der Waals surface area contributed by atoms with Crippen LogP contribution in [0.1, 0.15) is 40.0 Å². The van der Waals surface area contributed by atoms with Crippen molar-refractivity contribution in [1.29, 1.82) is 0 Å². The normalized spacial score (nSPS) is 18.3. The van der Waals surface area contributed by atoms with Crippen LogP contribution in [0.4, 0.5) is 0 Å². The smallest absolute Gasteiger partial charge is 0.241 e. The van der Waals surface area contributed by atoms with E-state index in [0.29, 0.717) is 0 Å². The molecule has 0 aromatic rings. The van der Waals surface area contributed by atoms with Crippen LogP contribution in [-0.4, -0.2) is 66.9 Å². The van der Waals surface area contributed by atoms with Gasteiger partial charge >= 0.3 is 0 Å². The Bertz CT molecular complexity index is 365. The number of carbonyl (C=O) groups is 2. The average Bonchev–Trinajstić information content (AvgIpc) is 2.51. The van der Waals surface area contributed by atoms with Crippen molar-refractivity contribution >= 4 is 11.8 Å². The van der Waals surface area contributed by atoms with Gasteiger partial charge in [0.1, 0.15) is 0 Å². The zero-order chi connectivity index (χ0) is 16.7. The van der Waals surface area contributed by atoms with Crippen molar-refractivity contribution in [2.45, 2.75) is 52.1 Å². The molecule has 1 atom stereocenters. The van der Waals surface area contributed by atoms with Gasteiger partial charge in [0.15, 0.2) is 0 Å². The summed E-state index contributed by atoms with van der Waals surface area (Å²) in [6.45, 7) is 9.22. The summed E-state index contributed by atoms with van der Waals surface area (Å²) >= 11 is 0. The van der Waals surface area contributed by atoms with E-state index in [-0.39, 0.29) is 30.3 Å². The molecule has 1 saturated heterocycles. The topological polar surface area (TPSA) is 78.7 Å². The van der Waals surface area contributed by atoms with Gasteiger partial charge in [0, 0.05) is 26.2 Å². The number of amides is 2. The molecule has 0 saturated carbocycles. The largest absolute Gasteiger partial charge is 0.346 e. The van der Waals surface area contributed by atoms with Crippen LogP contribution < -0.4 is 11.1 Å². The summed E-state index contributed by atoms with van der Waals surface area (Å²) in [5.74, 6) is -0.233. The second-order valence-corrected chi connectivity index (χ2v) is 6.57. The van der Waals surface area contributed by atoms with Gasteiger partial charge in [0.05, 0.1) is 12.6 Å². The molecule has 1 heterocycles. The van der Waals surface area contributed by atoms with Crippen molar-refractivity contribution in [2.24, 2.45) is 11.7 Å². The highest BCUT2D eigenvalue weighted by atomic mass is 16.2. The molecule has 6 heteroatoms. The summed E-state index contributed by atoms with van der Waals surface area (Å²) < 4.78 is 0. The fourth-order valence-corrected chi connectivity index (χ4v) is 2.76. The lowest BCUT2D eigenvalue weighted by Gasteiger charge is -2.36. The Morgan fingerprint density at radius 3 is 2.41 bits per heavy atom. The van der Waals surface area contributed by atoms with Crippen molar-refractivity contribution < 1.29 is 9.59 Å². The maximum absolute atomic E-state index is 12.2. The van der Waals surface area contributed by atoms with Gasteiger partial charge in [0.25, 0.3) is 0 Å². The maximum atomic E-state index is 12.2. The average molecular weight is 312 g/mol. The van der Waals surface area contributed by atoms with Crippen molar-refractivity contribution in [3.8, 4) is 0 Å². The molecule has 1 aliphatic heterocycles. The SMILES string of the molecule is CCCN1CCC(N(C)C(=O)CNC(=O)[C@@H](N)C(C)C)CC1. The molecule has 128 valence electrons. The first-order chi connectivity index (χ1) is 10.4. The molecular formula is C16H32N4O2. The number of hydrogen-bond donors (Lipinski definition) is 2. The Balaban J connectivity index is 2.35. The number of nitrogens with zero attached hydrogens (tertiary/aromatic N) is 2. The third-order valence-electron chi connectivity index (χ3n) is 4.47. The van der Waals surface area contributed by atoms with Crippen LogP contribution in [0.3, 0.4) is 0 Å². The van der Waals surface area contributed by atoms with E-state index in [0.717, 1.165) is 32.5 Å². The van der Waals surface area contributed by atoms with Crippen LogP contribution in [0.5, 0.6) is 0 Å². The lowest BCUT2D eigenvalue weighted by Crippen LogP contribution is -2.50. The molecule has 1 fully saturated rings. The number of hydrogen-bond acceptors (Lipinski definition) is 4. The molecule has 3 N–H and O–H groups in total. The summed E-state index contributed by atoms with van der Waals surface area (Å²) in [6.07, 6.45) is 3.17. The van der Waals surface area contributed by atoms with Crippen molar-refractivity contribution in [2.75, 3.05) is 33.2 Å². The minimum Gasteiger partial charge on any atom is -0.346 e. The number of rotatable bonds is 7. The molecule has 0 aromatic heterocycles. The number of piperidine rings is 1. The summed E-state index contributed by atoms with van der Waals surface area (Å²) in [5.41, 5.74) is 5.77. The minimum atomic E-state index is -0.560. The molecule has 22 heavy (non-hydrogen) atoms. The van der Waals surface area contributed by atoms with Gasteiger partial charge in [-0.05, 0) is 31.7 Å². The third kappa shape index (κ3) is 5.57. The van der Waals surface area contributed by atoms with Crippen LogP contribution in [0.2, 0.25) is 0 Å². The second-order valence-electron chi connectivity index (χ2n) is 6.57. The highest BCUT2D eigenvalue weighted by Crippen LogP contribution is 2.15. The predicted molar refractivity (Wildman–Crippen MR) is 88.3 cm³/mol. The number of carbonyl (C=O) groups excluding carboxylic acids is 2. The predicted octanol–water partition coefficient (Wildman–Crippen LogP) is 0.419. The van der Waals surface area contributed by atoms with E-state index in [4.69, 9.17) is 5.73 Å².